The molecule has 4 heteroatoms. The van der Waals surface area contributed by atoms with Gasteiger partial charge in [0.1, 0.15) is 5.75 Å². The van der Waals surface area contributed by atoms with E-state index in [-0.39, 0.29) is 5.92 Å². The largest absolute Gasteiger partial charge is 0.493 e. The third-order valence-corrected chi connectivity index (χ3v) is 5.15. The Hall–Kier alpha value is -2.59. The molecule has 2 aromatic rings. The Morgan fingerprint density at radius 2 is 1.86 bits per heavy atom. The van der Waals surface area contributed by atoms with Gasteiger partial charge in [-0.2, -0.15) is 0 Å². The number of benzene rings is 2. The normalized spacial score (nSPS) is 17.6. The summed E-state index contributed by atoms with van der Waals surface area (Å²) in [6.45, 7) is 3.32. The van der Waals surface area contributed by atoms with Gasteiger partial charge in [-0.1, -0.05) is 60.7 Å². The van der Waals surface area contributed by atoms with Crippen molar-refractivity contribution in [3.8, 4) is 5.75 Å². The first-order valence-corrected chi connectivity index (χ1v) is 10.1. The van der Waals surface area contributed by atoms with Crippen LogP contribution in [0.15, 0.2) is 54.6 Å². The maximum absolute atomic E-state index is 11.2. The average molecular weight is 380 g/mol. The molecule has 1 heterocycles. The second-order valence-electron chi connectivity index (χ2n) is 7.32. The molecule has 0 spiro atoms. The highest BCUT2D eigenvalue weighted by Crippen LogP contribution is 2.21. The number of carboxylic acid groups (broad SMARTS) is 1. The molecular weight excluding hydrogens is 350 g/mol. The second kappa shape index (κ2) is 10.7. The van der Waals surface area contributed by atoms with Crippen molar-refractivity contribution in [3.63, 3.8) is 0 Å². The number of carbonyl (C=O) groups is 1. The predicted molar refractivity (Wildman–Crippen MR) is 113 cm³/mol. The summed E-state index contributed by atoms with van der Waals surface area (Å²) in [4.78, 5) is 13.4. The molecule has 1 aliphatic heterocycles. The summed E-state index contributed by atoms with van der Waals surface area (Å²) in [6, 6.07) is 18.3. The van der Waals surface area contributed by atoms with E-state index in [2.05, 4.69) is 35.3 Å². The lowest BCUT2D eigenvalue weighted by Crippen LogP contribution is -2.39. The number of hydrogen-bond donors (Lipinski definition) is 1. The van der Waals surface area contributed by atoms with Gasteiger partial charge in [-0.3, -0.25) is 4.79 Å². The van der Waals surface area contributed by atoms with E-state index in [1.165, 1.54) is 5.56 Å². The highest BCUT2D eigenvalue weighted by Gasteiger charge is 2.24. The zero-order chi connectivity index (χ0) is 19.6. The molecule has 0 radical (unpaired) electrons. The number of piperidine rings is 1. The van der Waals surface area contributed by atoms with Crippen LogP contribution in [-0.2, 0) is 4.79 Å². The van der Waals surface area contributed by atoms with Gasteiger partial charge < -0.3 is 14.7 Å². The van der Waals surface area contributed by atoms with E-state index in [4.69, 9.17) is 4.74 Å². The first-order valence-electron chi connectivity index (χ1n) is 10.1. The summed E-state index contributed by atoms with van der Waals surface area (Å²) >= 11 is 0. The Morgan fingerprint density at radius 1 is 1.07 bits per heavy atom. The van der Waals surface area contributed by atoms with E-state index in [9.17, 15) is 9.90 Å². The Balaban J connectivity index is 1.43. The van der Waals surface area contributed by atoms with Crippen molar-refractivity contribution < 1.29 is 14.6 Å². The molecule has 1 unspecified atom stereocenters. The Bertz CT molecular complexity index is 772. The number of hydrogen-bond acceptors (Lipinski definition) is 3. The fourth-order valence-corrected chi connectivity index (χ4v) is 3.58. The van der Waals surface area contributed by atoms with E-state index in [1.54, 1.807) is 0 Å². The molecule has 0 aromatic heterocycles. The van der Waals surface area contributed by atoms with Crippen LogP contribution >= 0.6 is 0 Å². The number of ether oxygens (including phenoxy) is 1. The Morgan fingerprint density at radius 3 is 2.68 bits per heavy atom. The number of likely N-dealkylation sites (tertiary alicyclic amines) is 1. The topological polar surface area (TPSA) is 49.8 Å². The number of carboxylic acids is 1. The molecule has 1 N–H and O–H groups in total. The molecule has 0 saturated carbocycles. The van der Waals surface area contributed by atoms with E-state index in [0.29, 0.717) is 13.2 Å². The lowest BCUT2D eigenvalue weighted by atomic mass is 9.98. The molecule has 148 valence electrons. The highest BCUT2D eigenvalue weighted by molar-refractivity contribution is 5.72. The van der Waals surface area contributed by atoms with Gasteiger partial charge in [0, 0.05) is 12.1 Å². The number of unbranched alkanes of at least 4 members (excludes halogenated alkanes) is 1. The van der Waals surface area contributed by atoms with Crippen LogP contribution in [0.3, 0.4) is 0 Å². The number of para-hydroxylation sites is 1. The summed E-state index contributed by atoms with van der Waals surface area (Å²) in [5.41, 5.74) is 2.24. The molecule has 2 aromatic carbocycles. The van der Waals surface area contributed by atoms with Crippen LogP contribution in [0.2, 0.25) is 0 Å². The first-order chi connectivity index (χ1) is 13.7. The SMILES string of the molecule is O=C(O)C1CCCN(CCCCOc2ccccc2/C=C/c2ccccc2)C1. The van der Waals surface area contributed by atoms with Crippen LogP contribution in [0, 0.1) is 5.92 Å². The van der Waals surface area contributed by atoms with Crippen LogP contribution in [-0.4, -0.2) is 42.2 Å². The maximum Gasteiger partial charge on any atom is 0.307 e. The monoisotopic (exact) mass is 379 g/mol. The molecule has 1 saturated heterocycles. The predicted octanol–water partition coefficient (Wildman–Crippen LogP) is 4.81. The summed E-state index contributed by atoms with van der Waals surface area (Å²) in [5, 5.41) is 9.18. The van der Waals surface area contributed by atoms with Gasteiger partial charge in [0.2, 0.25) is 0 Å². The van der Waals surface area contributed by atoms with Gasteiger partial charge in [-0.15, -0.1) is 0 Å². The maximum atomic E-state index is 11.2. The summed E-state index contributed by atoms with van der Waals surface area (Å²) < 4.78 is 6.01. The molecule has 0 amide bonds. The summed E-state index contributed by atoms with van der Waals surface area (Å²) in [6.07, 6.45) is 7.96. The minimum atomic E-state index is -0.659. The van der Waals surface area contributed by atoms with Crippen molar-refractivity contribution in [2.24, 2.45) is 5.92 Å². The third kappa shape index (κ3) is 6.24. The van der Waals surface area contributed by atoms with Crippen molar-refractivity contribution in [2.45, 2.75) is 25.7 Å². The van der Waals surface area contributed by atoms with Crippen molar-refractivity contribution in [2.75, 3.05) is 26.2 Å². The van der Waals surface area contributed by atoms with Crippen LogP contribution in [0.25, 0.3) is 12.2 Å². The lowest BCUT2D eigenvalue weighted by Gasteiger charge is -2.30. The van der Waals surface area contributed by atoms with Gasteiger partial charge in [-0.25, -0.2) is 0 Å². The Labute approximate surface area is 167 Å². The first kappa shape index (κ1) is 20.2. The third-order valence-electron chi connectivity index (χ3n) is 5.15. The zero-order valence-corrected chi connectivity index (χ0v) is 16.3. The fourth-order valence-electron chi connectivity index (χ4n) is 3.58. The summed E-state index contributed by atoms with van der Waals surface area (Å²) in [5.74, 6) is 0.0417. The van der Waals surface area contributed by atoms with Crippen molar-refractivity contribution in [1.82, 2.24) is 4.90 Å². The number of nitrogens with zero attached hydrogens (tertiary/aromatic N) is 1. The molecule has 4 nitrogen and oxygen atoms in total. The van der Waals surface area contributed by atoms with Gasteiger partial charge in [0.25, 0.3) is 0 Å². The van der Waals surface area contributed by atoms with E-state index in [1.807, 2.05) is 36.4 Å². The van der Waals surface area contributed by atoms with Gasteiger partial charge in [0.05, 0.1) is 12.5 Å². The molecule has 1 aliphatic rings. The molecule has 1 atom stereocenters. The van der Waals surface area contributed by atoms with E-state index >= 15 is 0 Å². The summed E-state index contributed by atoms with van der Waals surface area (Å²) in [7, 11) is 0. The van der Waals surface area contributed by atoms with Gasteiger partial charge in [-0.05, 0) is 50.4 Å². The van der Waals surface area contributed by atoms with E-state index in [0.717, 1.165) is 50.1 Å². The molecule has 3 rings (SSSR count). The standard InChI is InChI=1S/C24H29NO3/c26-24(27)22-12-8-17-25(19-22)16-6-7-18-28-23-13-5-4-11-21(23)15-14-20-9-2-1-3-10-20/h1-5,9-11,13-15,22H,6-8,12,16-19H2,(H,26,27)/b15-14+. The van der Waals surface area contributed by atoms with Crippen LogP contribution in [0.1, 0.15) is 36.8 Å². The number of rotatable bonds is 9. The zero-order valence-electron chi connectivity index (χ0n) is 16.3. The fraction of sp³-hybridized carbons (Fsp3) is 0.375. The van der Waals surface area contributed by atoms with Crippen molar-refractivity contribution >= 4 is 18.1 Å². The Kier molecular flexibility index (Phi) is 7.68. The minimum Gasteiger partial charge on any atom is -0.493 e. The molecule has 28 heavy (non-hydrogen) atoms. The molecule has 1 fully saturated rings. The van der Waals surface area contributed by atoms with Crippen molar-refractivity contribution in [1.29, 1.82) is 0 Å². The lowest BCUT2D eigenvalue weighted by molar-refractivity contribution is -0.143. The smallest absolute Gasteiger partial charge is 0.307 e. The van der Waals surface area contributed by atoms with Crippen molar-refractivity contribution in [3.05, 3.63) is 65.7 Å². The minimum absolute atomic E-state index is 0.201. The molecular formula is C24H29NO3. The molecule has 0 bridgehead atoms. The van der Waals surface area contributed by atoms with Gasteiger partial charge in [0.15, 0.2) is 0 Å². The quantitative estimate of drug-likeness (QED) is 0.502. The van der Waals surface area contributed by atoms with Crippen LogP contribution in [0.5, 0.6) is 5.75 Å². The highest BCUT2D eigenvalue weighted by atomic mass is 16.5. The van der Waals surface area contributed by atoms with Gasteiger partial charge >= 0.3 is 5.97 Å². The second-order valence-corrected chi connectivity index (χ2v) is 7.32. The van der Waals surface area contributed by atoms with Crippen LogP contribution in [0.4, 0.5) is 0 Å². The van der Waals surface area contributed by atoms with Crippen LogP contribution < -0.4 is 4.74 Å². The molecule has 0 aliphatic carbocycles. The van der Waals surface area contributed by atoms with E-state index < -0.39 is 5.97 Å². The average Bonchev–Trinajstić information content (AvgIpc) is 2.73. The number of aliphatic carboxylic acids is 1.